The summed E-state index contributed by atoms with van der Waals surface area (Å²) in [6, 6.07) is 6.94. The first-order valence-electron chi connectivity index (χ1n) is 4.69. The molecule has 4 nitrogen and oxygen atoms in total. The summed E-state index contributed by atoms with van der Waals surface area (Å²) in [6.07, 6.45) is 0. The maximum atomic E-state index is 11.8. The van der Waals surface area contributed by atoms with Crippen LogP contribution in [-0.2, 0) is 0 Å². The predicted octanol–water partition coefficient (Wildman–Crippen LogP) is 0.760. The highest BCUT2D eigenvalue weighted by Gasteiger charge is 2.11. The predicted molar refractivity (Wildman–Crippen MR) is 57.0 cm³/mol. The summed E-state index contributed by atoms with van der Waals surface area (Å²) in [6.45, 7) is 0.294. The van der Waals surface area contributed by atoms with Crippen LogP contribution in [0.1, 0.15) is 10.4 Å². The maximum absolute atomic E-state index is 11.8. The van der Waals surface area contributed by atoms with E-state index in [2.05, 4.69) is 0 Å². The fraction of sp³-hybridized carbons (Fsp3) is 0.364. The SMILES string of the molecule is COc1cccc(C(=O)N(C)CCO)c1. The highest BCUT2D eigenvalue weighted by molar-refractivity contribution is 5.94. The van der Waals surface area contributed by atoms with Gasteiger partial charge in [0.2, 0.25) is 0 Å². The van der Waals surface area contributed by atoms with Gasteiger partial charge in [-0.05, 0) is 18.2 Å². The lowest BCUT2D eigenvalue weighted by atomic mass is 10.2. The lowest BCUT2D eigenvalue weighted by Gasteiger charge is -2.15. The molecule has 15 heavy (non-hydrogen) atoms. The van der Waals surface area contributed by atoms with Gasteiger partial charge in [-0.15, -0.1) is 0 Å². The average Bonchev–Trinajstić information content (AvgIpc) is 2.28. The van der Waals surface area contributed by atoms with Gasteiger partial charge < -0.3 is 14.7 Å². The van der Waals surface area contributed by atoms with Crippen molar-refractivity contribution in [2.45, 2.75) is 0 Å². The lowest BCUT2D eigenvalue weighted by Crippen LogP contribution is -2.29. The maximum Gasteiger partial charge on any atom is 0.253 e. The molecule has 0 saturated heterocycles. The van der Waals surface area contributed by atoms with E-state index in [1.807, 2.05) is 0 Å². The van der Waals surface area contributed by atoms with Gasteiger partial charge in [0.05, 0.1) is 13.7 Å². The van der Waals surface area contributed by atoms with Gasteiger partial charge in [-0.25, -0.2) is 0 Å². The smallest absolute Gasteiger partial charge is 0.253 e. The van der Waals surface area contributed by atoms with Crippen molar-refractivity contribution in [3.05, 3.63) is 29.8 Å². The molecule has 1 rings (SSSR count). The molecule has 0 aliphatic heterocycles. The molecular weight excluding hydrogens is 194 g/mol. The second kappa shape index (κ2) is 5.36. The van der Waals surface area contributed by atoms with Gasteiger partial charge in [0.25, 0.3) is 5.91 Å². The van der Waals surface area contributed by atoms with Crippen molar-refractivity contribution in [1.29, 1.82) is 0 Å². The lowest BCUT2D eigenvalue weighted by molar-refractivity contribution is 0.0766. The van der Waals surface area contributed by atoms with E-state index < -0.39 is 0 Å². The minimum atomic E-state index is -0.122. The normalized spacial score (nSPS) is 9.80. The molecule has 1 N–H and O–H groups in total. The number of amides is 1. The Hall–Kier alpha value is -1.55. The molecule has 0 heterocycles. The number of hydrogen-bond donors (Lipinski definition) is 1. The van der Waals surface area contributed by atoms with E-state index in [1.165, 1.54) is 4.90 Å². The van der Waals surface area contributed by atoms with E-state index in [-0.39, 0.29) is 12.5 Å². The molecular formula is C11H15NO3. The molecule has 0 unspecified atom stereocenters. The van der Waals surface area contributed by atoms with Gasteiger partial charge in [0.1, 0.15) is 5.75 Å². The van der Waals surface area contributed by atoms with Crippen LogP contribution >= 0.6 is 0 Å². The first-order chi connectivity index (χ1) is 7.19. The van der Waals surface area contributed by atoms with Crippen molar-refractivity contribution in [2.24, 2.45) is 0 Å². The third kappa shape index (κ3) is 2.95. The number of nitrogens with zero attached hydrogens (tertiary/aromatic N) is 1. The molecule has 0 aliphatic rings. The zero-order chi connectivity index (χ0) is 11.3. The van der Waals surface area contributed by atoms with Crippen molar-refractivity contribution in [3.63, 3.8) is 0 Å². The Bertz CT molecular complexity index is 338. The molecule has 82 valence electrons. The second-order valence-corrected chi connectivity index (χ2v) is 3.18. The molecule has 0 aliphatic carbocycles. The Labute approximate surface area is 89.1 Å². The van der Waals surface area contributed by atoms with Crippen LogP contribution in [-0.4, -0.2) is 43.2 Å². The molecule has 0 aromatic heterocycles. The molecule has 1 aromatic rings. The number of aliphatic hydroxyl groups excluding tert-OH is 1. The number of likely N-dealkylation sites (N-methyl/N-ethyl adjacent to an activating group) is 1. The van der Waals surface area contributed by atoms with E-state index in [0.717, 1.165) is 0 Å². The molecule has 0 saturated carbocycles. The third-order valence-electron chi connectivity index (χ3n) is 2.10. The Morgan fingerprint density at radius 1 is 1.53 bits per heavy atom. The minimum Gasteiger partial charge on any atom is -0.497 e. The quantitative estimate of drug-likeness (QED) is 0.796. The zero-order valence-electron chi connectivity index (χ0n) is 8.93. The summed E-state index contributed by atoms with van der Waals surface area (Å²) in [5.41, 5.74) is 0.560. The number of ether oxygens (including phenoxy) is 1. The van der Waals surface area contributed by atoms with Crippen molar-refractivity contribution in [1.82, 2.24) is 4.90 Å². The van der Waals surface area contributed by atoms with Gasteiger partial charge in [-0.2, -0.15) is 0 Å². The number of rotatable bonds is 4. The summed E-state index contributed by atoms with van der Waals surface area (Å²) in [5.74, 6) is 0.529. The molecule has 0 bridgehead atoms. The van der Waals surface area contributed by atoms with Crippen LogP contribution in [0.2, 0.25) is 0 Å². The van der Waals surface area contributed by atoms with E-state index in [0.29, 0.717) is 17.9 Å². The summed E-state index contributed by atoms with van der Waals surface area (Å²) < 4.78 is 5.02. The number of carbonyl (C=O) groups excluding carboxylic acids is 1. The van der Waals surface area contributed by atoms with E-state index in [9.17, 15) is 4.79 Å². The number of aliphatic hydroxyl groups is 1. The third-order valence-corrected chi connectivity index (χ3v) is 2.10. The number of benzene rings is 1. The van der Waals surface area contributed by atoms with Crippen molar-refractivity contribution < 1.29 is 14.6 Å². The first kappa shape index (κ1) is 11.5. The van der Waals surface area contributed by atoms with Crippen LogP contribution in [0.5, 0.6) is 5.75 Å². The summed E-state index contributed by atoms with van der Waals surface area (Å²) in [7, 11) is 3.21. The molecule has 4 heteroatoms. The Morgan fingerprint density at radius 2 is 2.27 bits per heavy atom. The Morgan fingerprint density at radius 3 is 2.87 bits per heavy atom. The Kier molecular flexibility index (Phi) is 4.12. The van der Waals surface area contributed by atoms with Gasteiger partial charge in [-0.3, -0.25) is 4.79 Å². The number of methoxy groups -OCH3 is 1. The highest BCUT2D eigenvalue weighted by atomic mass is 16.5. The highest BCUT2D eigenvalue weighted by Crippen LogP contribution is 2.13. The Balaban J connectivity index is 2.81. The van der Waals surface area contributed by atoms with Crippen molar-refractivity contribution in [2.75, 3.05) is 27.3 Å². The summed E-state index contributed by atoms with van der Waals surface area (Å²) in [4.78, 5) is 13.2. The van der Waals surface area contributed by atoms with Crippen LogP contribution in [0.15, 0.2) is 24.3 Å². The van der Waals surface area contributed by atoms with Crippen LogP contribution in [0.4, 0.5) is 0 Å². The minimum absolute atomic E-state index is 0.0355. The van der Waals surface area contributed by atoms with Crippen LogP contribution in [0.25, 0.3) is 0 Å². The molecule has 1 aromatic carbocycles. The summed E-state index contributed by atoms with van der Waals surface area (Å²) >= 11 is 0. The van der Waals surface area contributed by atoms with Crippen molar-refractivity contribution >= 4 is 5.91 Å². The monoisotopic (exact) mass is 209 g/mol. The van der Waals surface area contributed by atoms with Crippen LogP contribution < -0.4 is 4.74 Å². The van der Waals surface area contributed by atoms with E-state index >= 15 is 0 Å². The topological polar surface area (TPSA) is 49.8 Å². The fourth-order valence-electron chi connectivity index (χ4n) is 1.23. The van der Waals surface area contributed by atoms with Crippen molar-refractivity contribution in [3.8, 4) is 5.75 Å². The van der Waals surface area contributed by atoms with Crippen LogP contribution in [0.3, 0.4) is 0 Å². The largest absolute Gasteiger partial charge is 0.497 e. The second-order valence-electron chi connectivity index (χ2n) is 3.18. The van der Waals surface area contributed by atoms with Gasteiger partial charge in [0, 0.05) is 19.2 Å². The van der Waals surface area contributed by atoms with Gasteiger partial charge in [0.15, 0.2) is 0 Å². The van der Waals surface area contributed by atoms with Gasteiger partial charge >= 0.3 is 0 Å². The molecule has 0 spiro atoms. The van der Waals surface area contributed by atoms with Gasteiger partial charge in [-0.1, -0.05) is 6.07 Å². The fourth-order valence-corrected chi connectivity index (χ4v) is 1.23. The zero-order valence-corrected chi connectivity index (χ0v) is 8.93. The van der Waals surface area contributed by atoms with E-state index in [4.69, 9.17) is 9.84 Å². The molecule has 0 radical (unpaired) electrons. The summed E-state index contributed by atoms with van der Waals surface area (Å²) in [5, 5.41) is 8.71. The molecule has 0 atom stereocenters. The van der Waals surface area contributed by atoms with Crippen LogP contribution in [0, 0.1) is 0 Å². The molecule has 0 fully saturated rings. The molecule has 1 amide bonds. The number of carbonyl (C=O) groups is 1. The first-order valence-corrected chi connectivity index (χ1v) is 4.69. The standard InChI is InChI=1S/C11H15NO3/c1-12(6-7-13)11(14)9-4-3-5-10(8-9)15-2/h3-5,8,13H,6-7H2,1-2H3. The average molecular weight is 209 g/mol. The van der Waals surface area contributed by atoms with E-state index in [1.54, 1.807) is 38.4 Å². The number of hydrogen-bond acceptors (Lipinski definition) is 3.